The Morgan fingerprint density at radius 2 is 1.16 bits per heavy atom. The fourth-order valence-corrected chi connectivity index (χ4v) is 5.86. The molecule has 3 aromatic heterocycles. The van der Waals surface area contributed by atoms with Gasteiger partial charge in [-0.3, -0.25) is 4.98 Å². The van der Waals surface area contributed by atoms with Crippen LogP contribution in [0.15, 0.2) is 115 Å². The van der Waals surface area contributed by atoms with Crippen molar-refractivity contribution >= 4 is 49.3 Å². The van der Waals surface area contributed by atoms with Crippen molar-refractivity contribution in [2.24, 2.45) is 0 Å². The van der Waals surface area contributed by atoms with Crippen LogP contribution < -0.4 is 0 Å². The van der Waals surface area contributed by atoms with E-state index in [1.165, 1.54) is 24.3 Å². The summed E-state index contributed by atoms with van der Waals surface area (Å²) in [6.45, 7) is 0. The summed E-state index contributed by atoms with van der Waals surface area (Å²) in [7, 11) is 0. The Kier molecular flexibility index (Phi) is 4.29. The van der Waals surface area contributed by atoms with Gasteiger partial charge in [0.1, 0.15) is 11.6 Å². The lowest BCUT2D eigenvalue weighted by atomic mass is 10.0. The first kappa shape index (κ1) is 21.1. The Hall–Kier alpha value is -5.03. The predicted molar refractivity (Wildman–Crippen MR) is 150 cm³/mol. The van der Waals surface area contributed by atoms with E-state index in [2.05, 4.69) is 63.6 Å². The van der Waals surface area contributed by atoms with E-state index in [4.69, 9.17) is 4.98 Å². The average molecular weight is 496 g/mol. The van der Waals surface area contributed by atoms with Crippen molar-refractivity contribution in [3.63, 3.8) is 0 Å². The number of hydrogen-bond acceptors (Lipinski definition) is 1. The smallest absolute Gasteiger partial charge is 0.123 e. The monoisotopic (exact) mass is 495 g/mol. The standard InChI is InChI=1S/C33H19F2N3/c34-21-11-15-29-25(17-21)26-18-22(35)12-16-30(26)37(29)23-13-9-20(10-14-23)33-24-5-1-3-7-28(24)38-31-8-4-2-6-27(31)36-19-32(33)38/h1-19H. The lowest BCUT2D eigenvalue weighted by Gasteiger charge is -2.10. The Balaban J connectivity index is 1.37. The van der Waals surface area contributed by atoms with Gasteiger partial charge in [0.2, 0.25) is 0 Å². The second-order valence-electron chi connectivity index (χ2n) is 9.56. The minimum Gasteiger partial charge on any atom is -0.309 e. The Morgan fingerprint density at radius 1 is 0.526 bits per heavy atom. The van der Waals surface area contributed by atoms with E-state index in [0.717, 1.165) is 55.3 Å². The van der Waals surface area contributed by atoms with Crippen molar-refractivity contribution in [3.05, 3.63) is 127 Å². The van der Waals surface area contributed by atoms with Crippen LogP contribution in [0, 0.1) is 11.6 Å². The number of fused-ring (bicyclic) bond motifs is 8. The number of halogens is 2. The lowest BCUT2D eigenvalue weighted by molar-refractivity contribution is 0.628. The van der Waals surface area contributed by atoms with Crippen LogP contribution in [0.3, 0.4) is 0 Å². The summed E-state index contributed by atoms with van der Waals surface area (Å²) in [6, 6.07) is 34.3. The van der Waals surface area contributed by atoms with Crippen LogP contribution in [0.5, 0.6) is 0 Å². The molecular formula is C33H19F2N3. The van der Waals surface area contributed by atoms with E-state index in [9.17, 15) is 8.78 Å². The highest BCUT2D eigenvalue weighted by atomic mass is 19.1. The first-order valence-electron chi connectivity index (χ1n) is 12.4. The van der Waals surface area contributed by atoms with E-state index in [0.29, 0.717) is 10.8 Å². The number of nitrogens with zero attached hydrogens (tertiary/aromatic N) is 3. The van der Waals surface area contributed by atoms with Gasteiger partial charge in [-0.05, 0) is 72.3 Å². The third-order valence-electron chi connectivity index (χ3n) is 7.46. The third-order valence-corrected chi connectivity index (χ3v) is 7.46. The van der Waals surface area contributed by atoms with Gasteiger partial charge in [-0.15, -0.1) is 0 Å². The summed E-state index contributed by atoms with van der Waals surface area (Å²) in [5, 5.41) is 2.53. The average Bonchev–Trinajstić information content (AvgIpc) is 3.45. The molecule has 0 unspecified atom stereocenters. The van der Waals surface area contributed by atoms with Crippen LogP contribution in [-0.2, 0) is 0 Å². The van der Waals surface area contributed by atoms with E-state index in [-0.39, 0.29) is 11.6 Å². The first-order valence-corrected chi connectivity index (χ1v) is 12.4. The van der Waals surface area contributed by atoms with Crippen LogP contribution in [-0.4, -0.2) is 14.0 Å². The molecule has 0 saturated heterocycles. The van der Waals surface area contributed by atoms with Gasteiger partial charge in [0.05, 0.1) is 39.3 Å². The maximum atomic E-state index is 14.1. The largest absolute Gasteiger partial charge is 0.309 e. The second kappa shape index (κ2) is 7.73. The number of para-hydroxylation sites is 3. The third kappa shape index (κ3) is 2.90. The van der Waals surface area contributed by atoms with Crippen molar-refractivity contribution in [2.75, 3.05) is 0 Å². The molecule has 0 amide bonds. The fraction of sp³-hybridized carbons (Fsp3) is 0. The highest BCUT2D eigenvalue weighted by Crippen LogP contribution is 2.38. The molecule has 0 bridgehead atoms. The maximum absolute atomic E-state index is 14.1. The number of rotatable bonds is 2. The summed E-state index contributed by atoms with van der Waals surface area (Å²) in [5.74, 6) is -0.686. The summed E-state index contributed by atoms with van der Waals surface area (Å²) in [4.78, 5) is 4.75. The van der Waals surface area contributed by atoms with Gasteiger partial charge in [0.15, 0.2) is 0 Å². The summed E-state index contributed by atoms with van der Waals surface area (Å²) < 4.78 is 32.6. The summed E-state index contributed by atoms with van der Waals surface area (Å²) in [5.41, 5.74) is 8.95. The van der Waals surface area contributed by atoms with Gasteiger partial charge in [-0.25, -0.2) is 8.78 Å². The van der Waals surface area contributed by atoms with Gasteiger partial charge in [-0.1, -0.05) is 42.5 Å². The summed E-state index contributed by atoms with van der Waals surface area (Å²) >= 11 is 0. The molecule has 3 heterocycles. The molecule has 180 valence electrons. The second-order valence-corrected chi connectivity index (χ2v) is 9.56. The van der Waals surface area contributed by atoms with Crippen LogP contribution in [0.25, 0.3) is 66.1 Å². The Bertz CT molecular complexity index is 2150. The number of benzene rings is 5. The molecule has 0 aliphatic rings. The molecule has 5 aromatic carbocycles. The maximum Gasteiger partial charge on any atom is 0.123 e. The highest BCUT2D eigenvalue weighted by molar-refractivity contribution is 6.10. The normalized spacial score (nSPS) is 11.9. The van der Waals surface area contributed by atoms with Crippen LogP contribution in [0.4, 0.5) is 8.78 Å². The molecule has 0 aliphatic carbocycles. The van der Waals surface area contributed by atoms with Gasteiger partial charge in [0, 0.05) is 27.4 Å². The lowest BCUT2D eigenvalue weighted by Crippen LogP contribution is -1.94. The highest BCUT2D eigenvalue weighted by Gasteiger charge is 2.17. The zero-order valence-electron chi connectivity index (χ0n) is 20.1. The zero-order valence-corrected chi connectivity index (χ0v) is 20.1. The van der Waals surface area contributed by atoms with Crippen LogP contribution in [0.1, 0.15) is 0 Å². The van der Waals surface area contributed by atoms with Crippen LogP contribution >= 0.6 is 0 Å². The molecule has 8 aromatic rings. The van der Waals surface area contributed by atoms with Crippen LogP contribution in [0.2, 0.25) is 0 Å². The van der Waals surface area contributed by atoms with Crippen molar-refractivity contribution < 1.29 is 8.78 Å². The minimum absolute atomic E-state index is 0.343. The molecule has 0 radical (unpaired) electrons. The van der Waals surface area contributed by atoms with E-state index in [1.54, 1.807) is 12.1 Å². The topological polar surface area (TPSA) is 22.2 Å². The molecule has 5 heteroatoms. The van der Waals surface area contributed by atoms with Crippen molar-refractivity contribution in [3.8, 4) is 16.8 Å². The van der Waals surface area contributed by atoms with E-state index < -0.39 is 0 Å². The Labute approximate surface area is 215 Å². The van der Waals surface area contributed by atoms with Gasteiger partial charge >= 0.3 is 0 Å². The van der Waals surface area contributed by atoms with Crippen molar-refractivity contribution in [2.45, 2.75) is 0 Å². The SMILES string of the molecule is Fc1ccc2c(c1)c1cc(F)ccc1n2-c1ccc(-c2c3ccccc3n3c2cnc2ccccc23)cc1. The molecule has 0 aliphatic heterocycles. The fourth-order valence-electron chi connectivity index (χ4n) is 5.86. The molecule has 0 fully saturated rings. The number of hydrogen-bond donors (Lipinski definition) is 0. The molecule has 38 heavy (non-hydrogen) atoms. The minimum atomic E-state index is -0.343. The molecular weight excluding hydrogens is 476 g/mol. The molecule has 0 saturated carbocycles. The molecule has 3 nitrogen and oxygen atoms in total. The molecule has 0 atom stereocenters. The van der Waals surface area contributed by atoms with Crippen molar-refractivity contribution in [1.82, 2.24) is 14.0 Å². The van der Waals surface area contributed by atoms with E-state index >= 15 is 0 Å². The molecule has 8 rings (SSSR count). The first-order chi connectivity index (χ1) is 18.7. The zero-order chi connectivity index (χ0) is 25.4. The Morgan fingerprint density at radius 3 is 1.87 bits per heavy atom. The van der Waals surface area contributed by atoms with E-state index in [1.807, 2.05) is 24.4 Å². The molecule has 0 N–H and O–H groups in total. The van der Waals surface area contributed by atoms with Crippen molar-refractivity contribution in [1.29, 1.82) is 0 Å². The predicted octanol–water partition coefficient (Wildman–Crippen LogP) is 8.68. The quantitative estimate of drug-likeness (QED) is 0.235. The number of aromatic nitrogens is 3. The van der Waals surface area contributed by atoms with Gasteiger partial charge < -0.3 is 8.97 Å². The molecule has 0 spiro atoms. The van der Waals surface area contributed by atoms with Gasteiger partial charge in [-0.2, -0.15) is 0 Å². The van der Waals surface area contributed by atoms with Gasteiger partial charge in [0.25, 0.3) is 0 Å². The summed E-state index contributed by atoms with van der Waals surface area (Å²) in [6.07, 6.45) is 1.95.